The van der Waals surface area contributed by atoms with Crippen LogP contribution in [0, 0.1) is 6.92 Å². The number of sulfonamides is 1. The van der Waals surface area contributed by atoms with Crippen LogP contribution in [0.25, 0.3) is 0 Å². The molecule has 0 heterocycles. The normalized spacial score (nSPS) is 11.3. The second-order valence-corrected chi connectivity index (χ2v) is 9.59. The molecule has 0 bridgehead atoms. The van der Waals surface area contributed by atoms with Gasteiger partial charge in [0.15, 0.2) is 0 Å². The minimum Gasteiger partial charge on any atom is -0.495 e. The van der Waals surface area contributed by atoms with E-state index in [9.17, 15) is 13.2 Å². The smallest absolute Gasteiger partial charge is 0.268 e. The van der Waals surface area contributed by atoms with Gasteiger partial charge in [0.05, 0.1) is 19.0 Å². The fourth-order valence-electron chi connectivity index (χ4n) is 2.88. The molecule has 1 N–H and O–H groups in total. The van der Waals surface area contributed by atoms with Crippen molar-refractivity contribution in [2.45, 2.75) is 11.8 Å². The van der Waals surface area contributed by atoms with E-state index in [0.29, 0.717) is 10.2 Å². The van der Waals surface area contributed by atoms with Gasteiger partial charge in [-0.05, 0) is 42.8 Å². The van der Waals surface area contributed by atoms with Gasteiger partial charge in [-0.2, -0.15) is 5.10 Å². The highest BCUT2D eigenvalue weighted by Crippen LogP contribution is 2.32. The predicted octanol–water partition coefficient (Wildman–Crippen LogP) is 4.11. The Kier molecular flexibility index (Phi) is 7.66. The molecule has 0 aliphatic carbocycles. The van der Waals surface area contributed by atoms with Gasteiger partial charge in [0, 0.05) is 4.47 Å². The SMILES string of the molecule is COc1ccc(Br)cc1S(=O)(=O)N(CC(=O)N/N=C\c1ccc(C)cc1)c1ccccc1. The average molecular weight is 516 g/mol. The van der Waals surface area contributed by atoms with Crippen LogP contribution in [-0.2, 0) is 14.8 Å². The molecule has 0 unspecified atom stereocenters. The number of methoxy groups -OCH3 is 1. The maximum Gasteiger partial charge on any atom is 0.268 e. The van der Waals surface area contributed by atoms with Gasteiger partial charge in [-0.1, -0.05) is 64.0 Å². The van der Waals surface area contributed by atoms with Crippen LogP contribution < -0.4 is 14.5 Å². The fraction of sp³-hybridized carbons (Fsp3) is 0.130. The molecule has 0 radical (unpaired) electrons. The lowest BCUT2D eigenvalue weighted by molar-refractivity contribution is -0.119. The number of aryl methyl sites for hydroxylation is 1. The minimum absolute atomic E-state index is 0.0609. The molecule has 7 nitrogen and oxygen atoms in total. The molecule has 3 aromatic carbocycles. The molecule has 0 fully saturated rings. The number of halogens is 1. The highest BCUT2D eigenvalue weighted by molar-refractivity contribution is 9.10. The Morgan fingerprint density at radius 3 is 2.44 bits per heavy atom. The molecule has 0 aliphatic heterocycles. The number of ether oxygens (including phenoxy) is 1. The number of hydrazone groups is 1. The Morgan fingerprint density at radius 1 is 1.09 bits per heavy atom. The average Bonchev–Trinajstić information content (AvgIpc) is 2.79. The zero-order chi connectivity index (χ0) is 23.1. The van der Waals surface area contributed by atoms with Crippen molar-refractivity contribution in [3.8, 4) is 5.75 Å². The molecule has 32 heavy (non-hydrogen) atoms. The summed E-state index contributed by atoms with van der Waals surface area (Å²) in [5.41, 5.74) is 4.65. The number of rotatable bonds is 8. The molecule has 0 saturated heterocycles. The van der Waals surface area contributed by atoms with Crippen LogP contribution in [0.5, 0.6) is 5.75 Å². The molecule has 166 valence electrons. The predicted molar refractivity (Wildman–Crippen MR) is 129 cm³/mol. The van der Waals surface area contributed by atoms with Gasteiger partial charge in [-0.15, -0.1) is 0 Å². The largest absolute Gasteiger partial charge is 0.495 e. The van der Waals surface area contributed by atoms with Crippen LogP contribution >= 0.6 is 15.9 Å². The quantitative estimate of drug-likeness (QED) is 0.361. The summed E-state index contributed by atoms with van der Waals surface area (Å²) < 4.78 is 33.9. The van der Waals surface area contributed by atoms with E-state index in [2.05, 4.69) is 26.5 Å². The standard InChI is InChI=1S/C23H22BrN3O4S/c1-17-8-10-18(11-9-17)15-25-26-23(28)16-27(20-6-4-3-5-7-20)32(29,30)22-14-19(24)12-13-21(22)31-2/h3-15H,16H2,1-2H3,(H,26,28)/b25-15-. The summed E-state index contributed by atoms with van der Waals surface area (Å²) in [5.74, 6) is -0.415. The van der Waals surface area contributed by atoms with Gasteiger partial charge in [0.2, 0.25) is 0 Å². The molecule has 3 rings (SSSR count). The molecule has 3 aromatic rings. The van der Waals surface area contributed by atoms with Crippen molar-refractivity contribution >= 4 is 43.8 Å². The number of hydrogen-bond donors (Lipinski definition) is 1. The number of hydrogen-bond acceptors (Lipinski definition) is 5. The summed E-state index contributed by atoms with van der Waals surface area (Å²) in [6, 6.07) is 20.6. The number of anilines is 1. The van der Waals surface area contributed by atoms with E-state index in [-0.39, 0.29) is 10.6 Å². The second kappa shape index (κ2) is 10.4. The van der Waals surface area contributed by atoms with Gasteiger partial charge in [0.1, 0.15) is 17.2 Å². The highest BCUT2D eigenvalue weighted by Gasteiger charge is 2.30. The van der Waals surface area contributed by atoms with Crippen LogP contribution in [0.15, 0.2) is 87.3 Å². The van der Waals surface area contributed by atoms with Gasteiger partial charge in [-0.3, -0.25) is 9.10 Å². The van der Waals surface area contributed by atoms with E-state index in [1.807, 2.05) is 31.2 Å². The van der Waals surface area contributed by atoms with Crippen molar-refractivity contribution in [1.29, 1.82) is 0 Å². The Hall–Kier alpha value is -3.17. The van der Waals surface area contributed by atoms with Crippen LogP contribution in [0.4, 0.5) is 5.69 Å². The van der Waals surface area contributed by atoms with Gasteiger partial charge in [0.25, 0.3) is 15.9 Å². The maximum atomic E-state index is 13.5. The van der Waals surface area contributed by atoms with Gasteiger partial charge >= 0.3 is 0 Å². The van der Waals surface area contributed by atoms with E-state index >= 15 is 0 Å². The van der Waals surface area contributed by atoms with Crippen LogP contribution in [0.3, 0.4) is 0 Å². The minimum atomic E-state index is -4.13. The Morgan fingerprint density at radius 2 is 1.78 bits per heavy atom. The molecule has 0 aromatic heterocycles. The number of amides is 1. The van der Waals surface area contributed by atoms with Crippen molar-refractivity contribution in [2.24, 2.45) is 5.10 Å². The van der Waals surface area contributed by atoms with Crippen molar-refractivity contribution in [3.63, 3.8) is 0 Å². The first-order valence-electron chi connectivity index (χ1n) is 9.61. The van der Waals surface area contributed by atoms with E-state index < -0.39 is 22.5 Å². The third-order valence-electron chi connectivity index (χ3n) is 4.51. The summed E-state index contributed by atoms with van der Waals surface area (Å²) >= 11 is 3.30. The molecule has 0 spiro atoms. The summed E-state index contributed by atoms with van der Waals surface area (Å²) in [4.78, 5) is 12.5. The Bertz CT molecular complexity index is 1210. The monoisotopic (exact) mass is 515 g/mol. The first-order chi connectivity index (χ1) is 15.3. The number of benzene rings is 3. The lowest BCUT2D eigenvalue weighted by atomic mass is 10.2. The Balaban J connectivity index is 1.88. The van der Waals surface area contributed by atoms with Crippen molar-refractivity contribution in [1.82, 2.24) is 5.43 Å². The van der Waals surface area contributed by atoms with Gasteiger partial charge in [-0.25, -0.2) is 13.8 Å². The lowest BCUT2D eigenvalue weighted by Crippen LogP contribution is -2.39. The first kappa shape index (κ1) is 23.5. The number of nitrogens with zero attached hydrogens (tertiary/aromatic N) is 2. The fourth-order valence-corrected chi connectivity index (χ4v) is 5.00. The number of carbonyl (C=O) groups is 1. The topological polar surface area (TPSA) is 88.1 Å². The molecule has 0 atom stereocenters. The summed E-state index contributed by atoms with van der Waals surface area (Å²) in [5, 5.41) is 3.94. The van der Waals surface area contributed by atoms with Crippen LogP contribution in [0.1, 0.15) is 11.1 Å². The van der Waals surface area contributed by atoms with Crippen molar-refractivity contribution in [3.05, 3.63) is 88.4 Å². The number of nitrogens with one attached hydrogen (secondary N) is 1. The van der Waals surface area contributed by atoms with Crippen LogP contribution in [-0.4, -0.2) is 34.2 Å². The van der Waals surface area contributed by atoms with E-state index in [4.69, 9.17) is 4.74 Å². The summed E-state index contributed by atoms with van der Waals surface area (Å²) in [7, 11) is -2.74. The lowest BCUT2D eigenvalue weighted by Gasteiger charge is -2.24. The summed E-state index contributed by atoms with van der Waals surface area (Å²) in [6.07, 6.45) is 1.50. The van der Waals surface area contributed by atoms with E-state index in [1.54, 1.807) is 42.5 Å². The van der Waals surface area contributed by atoms with Crippen molar-refractivity contribution in [2.75, 3.05) is 18.0 Å². The van der Waals surface area contributed by atoms with E-state index in [0.717, 1.165) is 15.4 Å². The maximum absolute atomic E-state index is 13.5. The molecule has 9 heteroatoms. The zero-order valence-electron chi connectivity index (χ0n) is 17.5. The molecular formula is C23H22BrN3O4S. The number of para-hydroxylation sites is 1. The number of carbonyl (C=O) groups excluding carboxylic acids is 1. The second-order valence-electron chi connectivity index (χ2n) is 6.85. The Labute approximate surface area is 195 Å². The van der Waals surface area contributed by atoms with Gasteiger partial charge < -0.3 is 4.74 Å². The first-order valence-corrected chi connectivity index (χ1v) is 11.8. The highest BCUT2D eigenvalue weighted by atomic mass is 79.9. The molecule has 0 aliphatic rings. The summed E-state index contributed by atoms with van der Waals surface area (Å²) in [6.45, 7) is 1.51. The third-order valence-corrected chi connectivity index (χ3v) is 6.79. The molecule has 1 amide bonds. The van der Waals surface area contributed by atoms with E-state index in [1.165, 1.54) is 19.4 Å². The van der Waals surface area contributed by atoms with Crippen molar-refractivity contribution < 1.29 is 17.9 Å². The van der Waals surface area contributed by atoms with Crippen LogP contribution in [0.2, 0.25) is 0 Å². The molecule has 0 saturated carbocycles. The third kappa shape index (κ3) is 5.74. The zero-order valence-corrected chi connectivity index (χ0v) is 19.9. The molecular weight excluding hydrogens is 494 g/mol.